The molecule has 0 heterocycles. The Morgan fingerprint density at radius 2 is 2.08 bits per heavy atom. The first-order valence-electron chi connectivity index (χ1n) is 4.63. The van der Waals surface area contributed by atoms with Gasteiger partial charge in [-0.15, -0.1) is 11.6 Å². The van der Waals surface area contributed by atoms with Crippen LogP contribution in [0.5, 0.6) is 0 Å². The number of hydrogen-bond acceptors (Lipinski definition) is 1. The first kappa shape index (κ1) is 10.1. The molecule has 0 radical (unpaired) electrons. The van der Waals surface area contributed by atoms with E-state index >= 15 is 0 Å². The first-order valence-corrected chi connectivity index (χ1v) is 5.16. The average Bonchev–Trinajstić information content (AvgIpc) is 2.57. The van der Waals surface area contributed by atoms with E-state index in [1.165, 1.54) is 25.7 Å². The lowest BCUT2D eigenvalue weighted by atomic mass is 10.1. The second-order valence-corrected chi connectivity index (χ2v) is 3.82. The predicted octanol–water partition coefficient (Wildman–Crippen LogP) is 2.99. The molecule has 12 heavy (non-hydrogen) atoms. The van der Waals surface area contributed by atoms with Crippen molar-refractivity contribution in [2.75, 3.05) is 19.1 Å². The van der Waals surface area contributed by atoms with E-state index in [9.17, 15) is 0 Å². The molecule has 1 rings (SSSR count). The molecule has 0 aromatic heterocycles. The van der Waals surface area contributed by atoms with E-state index in [1.807, 2.05) is 0 Å². The molecular formula is C10H17ClO. The molecule has 0 aromatic rings. The monoisotopic (exact) mass is 188 g/mol. The molecule has 0 unspecified atom stereocenters. The Bertz CT molecular complexity index is 139. The molecule has 0 amide bonds. The van der Waals surface area contributed by atoms with Crippen molar-refractivity contribution in [3.8, 4) is 0 Å². The summed E-state index contributed by atoms with van der Waals surface area (Å²) in [6.07, 6.45) is 5.44. The van der Waals surface area contributed by atoms with Crippen molar-refractivity contribution >= 4 is 11.6 Å². The normalized spacial score (nSPS) is 18.4. The maximum atomic E-state index is 5.57. The zero-order chi connectivity index (χ0) is 8.81. The largest absolute Gasteiger partial charge is 0.377 e. The summed E-state index contributed by atoms with van der Waals surface area (Å²) in [5.74, 6) is 1.32. The lowest BCUT2D eigenvalue weighted by molar-refractivity contribution is 0.120. The minimum Gasteiger partial charge on any atom is -0.377 e. The maximum absolute atomic E-state index is 5.57. The molecule has 1 fully saturated rings. The highest BCUT2D eigenvalue weighted by atomic mass is 35.5. The number of ether oxygens (including phenoxy) is 1. The Morgan fingerprint density at radius 3 is 2.67 bits per heavy atom. The third-order valence-corrected chi connectivity index (χ3v) is 2.70. The van der Waals surface area contributed by atoms with Gasteiger partial charge in [0.15, 0.2) is 0 Å². The molecule has 70 valence electrons. The summed E-state index contributed by atoms with van der Waals surface area (Å²) in [6, 6.07) is 0. The summed E-state index contributed by atoms with van der Waals surface area (Å²) >= 11 is 5.57. The molecule has 0 atom stereocenters. The van der Waals surface area contributed by atoms with Crippen LogP contribution in [-0.2, 0) is 4.74 Å². The predicted molar refractivity (Wildman–Crippen MR) is 52.6 cm³/mol. The number of hydrogen-bond donors (Lipinski definition) is 0. The van der Waals surface area contributed by atoms with Gasteiger partial charge in [-0.25, -0.2) is 0 Å². The third-order valence-electron chi connectivity index (χ3n) is 2.32. The van der Waals surface area contributed by atoms with Crippen molar-refractivity contribution in [3.05, 3.63) is 12.2 Å². The first-order chi connectivity index (χ1) is 5.83. The Hall–Kier alpha value is -0.0100. The highest BCUT2D eigenvalue weighted by Gasteiger charge is 2.14. The Labute approximate surface area is 79.7 Å². The zero-order valence-electron chi connectivity index (χ0n) is 7.52. The number of alkyl halides is 1. The lowest BCUT2D eigenvalue weighted by Crippen LogP contribution is -2.07. The molecule has 2 heteroatoms. The van der Waals surface area contributed by atoms with Crippen LogP contribution in [0.2, 0.25) is 0 Å². The molecule has 1 aliphatic carbocycles. The third kappa shape index (κ3) is 3.59. The number of halogens is 1. The highest BCUT2D eigenvalue weighted by molar-refractivity contribution is 6.19. The van der Waals surface area contributed by atoms with Crippen LogP contribution in [0, 0.1) is 5.92 Å². The molecule has 0 saturated heterocycles. The van der Waals surface area contributed by atoms with Gasteiger partial charge in [0.25, 0.3) is 0 Å². The molecule has 1 saturated carbocycles. The van der Waals surface area contributed by atoms with E-state index < -0.39 is 0 Å². The lowest BCUT2D eigenvalue weighted by Gasteiger charge is -2.09. The molecule has 0 aliphatic heterocycles. The Morgan fingerprint density at radius 1 is 1.42 bits per heavy atom. The van der Waals surface area contributed by atoms with Gasteiger partial charge in [0.05, 0.1) is 6.61 Å². The van der Waals surface area contributed by atoms with Gasteiger partial charge >= 0.3 is 0 Å². The maximum Gasteiger partial charge on any atom is 0.0685 e. The highest BCUT2D eigenvalue weighted by Crippen LogP contribution is 2.24. The minimum atomic E-state index is 0.519. The fourth-order valence-electron chi connectivity index (χ4n) is 1.59. The van der Waals surface area contributed by atoms with Crippen LogP contribution in [0.3, 0.4) is 0 Å². The average molecular weight is 189 g/mol. The topological polar surface area (TPSA) is 9.23 Å². The van der Waals surface area contributed by atoms with E-state index in [-0.39, 0.29) is 0 Å². The molecule has 0 bridgehead atoms. The summed E-state index contributed by atoms with van der Waals surface area (Å²) in [5.41, 5.74) is 0.981. The fraction of sp³-hybridized carbons (Fsp3) is 0.800. The standard InChI is InChI=1S/C10H17ClO/c1-9(6-11)7-12-8-10-4-2-3-5-10/h10H,1-8H2. The second kappa shape index (κ2) is 5.60. The molecule has 0 N–H and O–H groups in total. The van der Waals surface area contributed by atoms with Crippen LogP contribution < -0.4 is 0 Å². The summed E-state index contributed by atoms with van der Waals surface area (Å²) in [5, 5.41) is 0. The van der Waals surface area contributed by atoms with Gasteiger partial charge in [-0.05, 0) is 24.3 Å². The molecular weight excluding hydrogens is 172 g/mol. The van der Waals surface area contributed by atoms with Crippen molar-refractivity contribution < 1.29 is 4.74 Å². The van der Waals surface area contributed by atoms with Gasteiger partial charge in [0, 0.05) is 12.5 Å². The van der Waals surface area contributed by atoms with Crippen molar-refractivity contribution in [2.24, 2.45) is 5.92 Å². The molecule has 0 spiro atoms. The smallest absolute Gasteiger partial charge is 0.0685 e. The molecule has 1 aliphatic rings. The van der Waals surface area contributed by atoms with E-state index in [2.05, 4.69) is 6.58 Å². The quantitative estimate of drug-likeness (QED) is 0.476. The summed E-state index contributed by atoms with van der Waals surface area (Å²) in [4.78, 5) is 0. The molecule has 1 nitrogen and oxygen atoms in total. The van der Waals surface area contributed by atoms with Gasteiger partial charge < -0.3 is 4.74 Å². The van der Waals surface area contributed by atoms with Gasteiger partial charge in [0.2, 0.25) is 0 Å². The number of rotatable bonds is 5. The van der Waals surface area contributed by atoms with Crippen molar-refractivity contribution in [3.63, 3.8) is 0 Å². The van der Waals surface area contributed by atoms with E-state index in [0.29, 0.717) is 12.5 Å². The van der Waals surface area contributed by atoms with E-state index in [1.54, 1.807) is 0 Å². The van der Waals surface area contributed by atoms with Gasteiger partial charge in [-0.3, -0.25) is 0 Å². The summed E-state index contributed by atoms with van der Waals surface area (Å²) in [6.45, 7) is 5.32. The summed E-state index contributed by atoms with van der Waals surface area (Å²) in [7, 11) is 0. The Kier molecular flexibility index (Phi) is 4.70. The SMILES string of the molecule is C=C(CCl)COCC1CCCC1. The van der Waals surface area contributed by atoms with Crippen LogP contribution in [0.25, 0.3) is 0 Å². The summed E-state index contributed by atoms with van der Waals surface area (Å²) < 4.78 is 5.49. The van der Waals surface area contributed by atoms with Crippen LogP contribution in [0.15, 0.2) is 12.2 Å². The molecule has 0 aromatic carbocycles. The Balaban J connectivity index is 1.97. The van der Waals surface area contributed by atoms with Crippen LogP contribution in [0.1, 0.15) is 25.7 Å². The van der Waals surface area contributed by atoms with Crippen LogP contribution in [0.4, 0.5) is 0 Å². The zero-order valence-corrected chi connectivity index (χ0v) is 8.28. The fourth-order valence-corrected chi connectivity index (χ4v) is 1.66. The van der Waals surface area contributed by atoms with Gasteiger partial charge in [0.1, 0.15) is 0 Å². The van der Waals surface area contributed by atoms with Crippen molar-refractivity contribution in [1.82, 2.24) is 0 Å². The van der Waals surface area contributed by atoms with Gasteiger partial charge in [-0.2, -0.15) is 0 Å². The second-order valence-electron chi connectivity index (χ2n) is 3.55. The van der Waals surface area contributed by atoms with Gasteiger partial charge in [-0.1, -0.05) is 19.4 Å². The minimum absolute atomic E-state index is 0.519. The van der Waals surface area contributed by atoms with E-state index in [4.69, 9.17) is 16.3 Å². The van der Waals surface area contributed by atoms with Crippen LogP contribution >= 0.6 is 11.6 Å². The van der Waals surface area contributed by atoms with Crippen molar-refractivity contribution in [2.45, 2.75) is 25.7 Å². The van der Waals surface area contributed by atoms with E-state index in [0.717, 1.165) is 18.1 Å². The van der Waals surface area contributed by atoms with Crippen molar-refractivity contribution in [1.29, 1.82) is 0 Å². The van der Waals surface area contributed by atoms with Crippen LogP contribution in [-0.4, -0.2) is 19.1 Å².